The molecular formula is C25H27FN2O3. The maximum atomic E-state index is 14.7. The molecule has 0 N–H and O–H groups in total. The highest BCUT2D eigenvalue weighted by molar-refractivity contribution is 6.10. The molecule has 2 heterocycles. The lowest BCUT2D eigenvalue weighted by atomic mass is 9.75. The van der Waals surface area contributed by atoms with Crippen LogP contribution in [0.1, 0.15) is 48.3 Å². The first-order chi connectivity index (χ1) is 14.8. The molecule has 2 unspecified atom stereocenters. The van der Waals surface area contributed by atoms with E-state index < -0.39 is 23.0 Å². The zero-order valence-electron chi connectivity index (χ0n) is 17.9. The molecule has 0 bridgehead atoms. The molecule has 31 heavy (non-hydrogen) atoms. The number of likely N-dealkylation sites (N-methyl/N-ethyl adjacent to an activating group) is 1. The number of piperidine rings is 1. The highest BCUT2D eigenvalue weighted by atomic mass is 19.1. The predicted octanol–water partition coefficient (Wildman–Crippen LogP) is 3.56. The fourth-order valence-electron chi connectivity index (χ4n) is 4.95. The van der Waals surface area contributed by atoms with Crippen molar-refractivity contribution in [1.82, 2.24) is 9.80 Å². The van der Waals surface area contributed by atoms with Gasteiger partial charge in [-0.1, -0.05) is 48.0 Å². The van der Waals surface area contributed by atoms with E-state index in [0.29, 0.717) is 13.1 Å². The quantitative estimate of drug-likeness (QED) is 0.708. The van der Waals surface area contributed by atoms with Gasteiger partial charge in [0.1, 0.15) is 5.82 Å². The Morgan fingerprint density at radius 3 is 2.61 bits per heavy atom. The van der Waals surface area contributed by atoms with Gasteiger partial charge in [-0.15, -0.1) is 0 Å². The van der Waals surface area contributed by atoms with Gasteiger partial charge in [-0.05, 0) is 31.4 Å². The minimum Gasteiger partial charge on any atom is -0.342 e. The molecule has 6 heteroatoms. The van der Waals surface area contributed by atoms with Crippen LogP contribution in [-0.4, -0.2) is 47.7 Å². The van der Waals surface area contributed by atoms with Crippen molar-refractivity contribution in [3.8, 4) is 0 Å². The Balaban J connectivity index is 1.61. The first kappa shape index (κ1) is 21.2. The first-order valence-corrected chi connectivity index (χ1v) is 10.7. The van der Waals surface area contributed by atoms with E-state index >= 15 is 0 Å². The second kappa shape index (κ2) is 8.25. The number of nitrogens with zero attached hydrogens (tertiary/aromatic N) is 2. The van der Waals surface area contributed by atoms with E-state index in [-0.39, 0.29) is 30.2 Å². The van der Waals surface area contributed by atoms with Gasteiger partial charge >= 0.3 is 0 Å². The van der Waals surface area contributed by atoms with E-state index in [2.05, 4.69) is 12.1 Å². The summed E-state index contributed by atoms with van der Waals surface area (Å²) in [5.74, 6) is -1.45. The van der Waals surface area contributed by atoms with Gasteiger partial charge in [0.25, 0.3) is 0 Å². The number of carbonyl (C=O) groups is 3. The van der Waals surface area contributed by atoms with Crippen LogP contribution < -0.4 is 0 Å². The second-order valence-electron chi connectivity index (χ2n) is 8.77. The van der Waals surface area contributed by atoms with Crippen molar-refractivity contribution in [2.75, 3.05) is 20.1 Å². The van der Waals surface area contributed by atoms with E-state index in [0.717, 1.165) is 17.7 Å². The summed E-state index contributed by atoms with van der Waals surface area (Å²) in [7, 11) is 1.40. The third-order valence-corrected chi connectivity index (χ3v) is 6.67. The van der Waals surface area contributed by atoms with Crippen LogP contribution in [0.3, 0.4) is 0 Å². The lowest BCUT2D eigenvalue weighted by Crippen LogP contribution is -2.45. The summed E-state index contributed by atoms with van der Waals surface area (Å²) in [6, 6.07) is 14.3. The number of rotatable bonds is 4. The number of halogens is 1. The van der Waals surface area contributed by atoms with Gasteiger partial charge in [-0.2, -0.15) is 0 Å². The van der Waals surface area contributed by atoms with Crippen LogP contribution in [-0.2, 0) is 19.8 Å². The molecule has 3 amide bonds. The van der Waals surface area contributed by atoms with Gasteiger partial charge in [0, 0.05) is 44.5 Å². The molecular weight excluding hydrogens is 395 g/mol. The average molecular weight is 423 g/mol. The molecule has 0 radical (unpaired) electrons. The van der Waals surface area contributed by atoms with Gasteiger partial charge in [-0.25, -0.2) is 4.39 Å². The Kier molecular flexibility index (Phi) is 5.65. The Labute approximate surface area is 181 Å². The van der Waals surface area contributed by atoms with Crippen LogP contribution in [0.2, 0.25) is 0 Å². The smallest absolute Gasteiger partial charge is 0.240 e. The van der Waals surface area contributed by atoms with E-state index in [1.807, 2.05) is 19.1 Å². The molecule has 4 rings (SSSR count). The van der Waals surface area contributed by atoms with Crippen LogP contribution in [0, 0.1) is 12.7 Å². The SMILES string of the molecule is Cc1cccc(C2CCCN(C(=O)CC3(c4ccccc4F)CC(=O)N(C)C3=O)C2)c1. The highest BCUT2D eigenvalue weighted by Gasteiger charge is 2.54. The normalized spacial score (nSPS) is 24.0. The Morgan fingerprint density at radius 2 is 1.94 bits per heavy atom. The highest BCUT2D eigenvalue weighted by Crippen LogP contribution is 2.41. The molecule has 2 aromatic carbocycles. The van der Waals surface area contributed by atoms with Crippen LogP contribution in [0.25, 0.3) is 0 Å². The summed E-state index contributed by atoms with van der Waals surface area (Å²) >= 11 is 0. The van der Waals surface area contributed by atoms with Crippen LogP contribution >= 0.6 is 0 Å². The average Bonchev–Trinajstić information content (AvgIpc) is 2.98. The monoisotopic (exact) mass is 422 g/mol. The molecule has 2 aliphatic heterocycles. The molecule has 2 atom stereocenters. The number of hydrogen-bond acceptors (Lipinski definition) is 3. The minimum absolute atomic E-state index is 0.123. The molecule has 2 fully saturated rings. The number of carbonyl (C=O) groups excluding carboxylic acids is 3. The van der Waals surface area contributed by atoms with Crippen molar-refractivity contribution in [2.45, 2.75) is 43.9 Å². The Hall–Kier alpha value is -3.02. The van der Waals surface area contributed by atoms with Crippen molar-refractivity contribution in [3.63, 3.8) is 0 Å². The van der Waals surface area contributed by atoms with Crippen molar-refractivity contribution in [2.24, 2.45) is 0 Å². The molecule has 2 saturated heterocycles. The van der Waals surface area contributed by atoms with E-state index in [1.54, 1.807) is 11.0 Å². The van der Waals surface area contributed by atoms with Gasteiger partial charge in [0.05, 0.1) is 5.41 Å². The topological polar surface area (TPSA) is 57.7 Å². The van der Waals surface area contributed by atoms with Crippen LogP contribution in [0.5, 0.6) is 0 Å². The number of amides is 3. The number of benzene rings is 2. The van der Waals surface area contributed by atoms with Gasteiger partial charge in [0.2, 0.25) is 17.7 Å². The number of hydrogen-bond donors (Lipinski definition) is 0. The van der Waals surface area contributed by atoms with Crippen molar-refractivity contribution in [3.05, 3.63) is 71.0 Å². The summed E-state index contributed by atoms with van der Waals surface area (Å²) in [4.78, 5) is 41.6. The third-order valence-electron chi connectivity index (χ3n) is 6.67. The molecule has 162 valence electrons. The second-order valence-corrected chi connectivity index (χ2v) is 8.77. The maximum absolute atomic E-state index is 14.7. The number of aryl methyl sites for hydroxylation is 1. The van der Waals surface area contributed by atoms with Gasteiger partial charge in [0.15, 0.2) is 0 Å². The summed E-state index contributed by atoms with van der Waals surface area (Å²) < 4.78 is 14.7. The first-order valence-electron chi connectivity index (χ1n) is 10.7. The molecule has 2 aliphatic rings. The van der Waals surface area contributed by atoms with Crippen molar-refractivity contribution in [1.29, 1.82) is 0 Å². The third kappa shape index (κ3) is 3.87. The molecule has 0 saturated carbocycles. The van der Waals surface area contributed by atoms with Crippen molar-refractivity contribution >= 4 is 17.7 Å². The summed E-state index contributed by atoms with van der Waals surface area (Å²) in [5.41, 5.74) is 1.02. The zero-order valence-corrected chi connectivity index (χ0v) is 17.9. The van der Waals surface area contributed by atoms with Crippen molar-refractivity contribution < 1.29 is 18.8 Å². The molecule has 0 aromatic heterocycles. The Morgan fingerprint density at radius 1 is 1.16 bits per heavy atom. The van der Waals surface area contributed by atoms with Gasteiger partial charge < -0.3 is 4.90 Å². The van der Waals surface area contributed by atoms with Gasteiger partial charge in [-0.3, -0.25) is 19.3 Å². The lowest BCUT2D eigenvalue weighted by Gasteiger charge is -2.36. The van der Waals surface area contributed by atoms with E-state index in [1.165, 1.54) is 36.4 Å². The molecule has 0 spiro atoms. The molecule has 2 aromatic rings. The number of imide groups is 1. The van der Waals surface area contributed by atoms with Crippen LogP contribution in [0.15, 0.2) is 48.5 Å². The van der Waals surface area contributed by atoms with E-state index in [9.17, 15) is 18.8 Å². The summed E-state index contributed by atoms with van der Waals surface area (Å²) in [6.45, 7) is 3.21. The summed E-state index contributed by atoms with van der Waals surface area (Å²) in [6.07, 6.45) is 1.46. The fraction of sp³-hybridized carbons (Fsp3) is 0.400. The Bertz CT molecular complexity index is 1040. The maximum Gasteiger partial charge on any atom is 0.240 e. The van der Waals surface area contributed by atoms with E-state index in [4.69, 9.17) is 0 Å². The largest absolute Gasteiger partial charge is 0.342 e. The lowest BCUT2D eigenvalue weighted by molar-refractivity contribution is -0.142. The zero-order chi connectivity index (χ0) is 22.2. The standard InChI is InChI=1S/C25H27FN2O3/c1-17-7-5-8-18(13-17)19-9-6-12-28(16-19)23(30)15-25(14-22(29)27(2)24(25)31)20-10-3-4-11-21(20)26/h3-5,7-8,10-11,13,19H,6,9,12,14-16H2,1-2H3. The van der Waals surface area contributed by atoms with Crippen LogP contribution in [0.4, 0.5) is 4.39 Å². The number of likely N-dealkylation sites (tertiary alicyclic amines) is 2. The summed E-state index contributed by atoms with van der Waals surface area (Å²) in [5, 5.41) is 0. The predicted molar refractivity (Wildman–Crippen MR) is 115 cm³/mol. The molecule has 5 nitrogen and oxygen atoms in total. The molecule has 0 aliphatic carbocycles. The fourth-order valence-corrected chi connectivity index (χ4v) is 4.95. The minimum atomic E-state index is -1.48.